The van der Waals surface area contributed by atoms with E-state index >= 15 is 0 Å². The summed E-state index contributed by atoms with van der Waals surface area (Å²) >= 11 is 0. The molecule has 0 heterocycles. The van der Waals surface area contributed by atoms with Gasteiger partial charge < -0.3 is 30.6 Å². The zero-order chi connectivity index (χ0) is 35.3. The minimum absolute atomic E-state index is 0.00855. The van der Waals surface area contributed by atoms with Gasteiger partial charge in [0.25, 0.3) is 0 Å². The molecule has 0 aliphatic heterocycles. The van der Waals surface area contributed by atoms with E-state index in [1.165, 1.54) is 23.3 Å². The lowest BCUT2D eigenvalue weighted by Gasteiger charge is -2.27. The van der Waals surface area contributed by atoms with Crippen molar-refractivity contribution in [3.63, 3.8) is 0 Å². The molecule has 0 radical (unpaired) electrons. The van der Waals surface area contributed by atoms with Crippen molar-refractivity contribution in [2.24, 2.45) is 0 Å². The summed E-state index contributed by atoms with van der Waals surface area (Å²) < 4.78 is 0. The number of benzene rings is 5. The minimum Gasteiger partial charge on any atom is -0.508 e. The maximum Gasteiger partial charge on any atom is 0.121 e. The Kier molecular flexibility index (Phi) is 13.6. The lowest BCUT2D eigenvalue weighted by Crippen LogP contribution is -2.31. The van der Waals surface area contributed by atoms with Crippen LogP contribution in [0.15, 0.2) is 121 Å². The van der Waals surface area contributed by atoms with Crippen LogP contribution in [0.2, 0.25) is 0 Å². The molecule has 0 aliphatic carbocycles. The molecule has 0 aromatic heterocycles. The molecule has 0 fully saturated rings. The molecule has 0 bridgehead atoms. The van der Waals surface area contributed by atoms with Crippen molar-refractivity contribution in [3.05, 3.63) is 166 Å². The van der Waals surface area contributed by atoms with E-state index in [1.807, 2.05) is 36.4 Å². The lowest BCUT2D eigenvalue weighted by atomic mass is 10.00. The molecule has 2 unspecified atom stereocenters. The standard InChI is InChI=1S/C42H48N2O6/c45-29-37-23-35(15-17-39(37)47)41(49)27-43(25-31-9-3-1-4-10-31)21-19-33-13-7-8-14-34(33)20-22-44(26-32-11-5-2-6-12-32)28-42(50)36-16-18-40(48)38(24-36)30-46/h1-18,23-24,41-42,45-50H,19-22,25-30H2. The van der Waals surface area contributed by atoms with Crippen LogP contribution in [0.4, 0.5) is 0 Å². The van der Waals surface area contributed by atoms with Crippen molar-refractivity contribution in [2.75, 3.05) is 26.2 Å². The van der Waals surface area contributed by atoms with E-state index in [0.717, 1.165) is 24.0 Å². The van der Waals surface area contributed by atoms with Crippen LogP contribution in [-0.4, -0.2) is 66.6 Å². The van der Waals surface area contributed by atoms with Gasteiger partial charge in [-0.15, -0.1) is 0 Å². The molecular weight excluding hydrogens is 628 g/mol. The van der Waals surface area contributed by atoms with E-state index in [9.17, 15) is 30.6 Å². The number of nitrogens with zero attached hydrogens (tertiary/aromatic N) is 2. The first-order valence-corrected chi connectivity index (χ1v) is 17.1. The fourth-order valence-electron chi connectivity index (χ4n) is 6.33. The van der Waals surface area contributed by atoms with Crippen LogP contribution in [0.3, 0.4) is 0 Å². The maximum atomic E-state index is 11.2. The third kappa shape index (κ3) is 10.5. The molecule has 0 saturated carbocycles. The molecule has 5 aromatic carbocycles. The first-order chi connectivity index (χ1) is 24.3. The van der Waals surface area contributed by atoms with Gasteiger partial charge in [0, 0.05) is 50.4 Å². The highest BCUT2D eigenvalue weighted by atomic mass is 16.3. The second-order valence-electron chi connectivity index (χ2n) is 12.8. The quantitative estimate of drug-likeness (QED) is 0.0705. The van der Waals surface area contributed by atoms with Gasteiger partial charge in [0.2, 0.25) is 0 Å². The van der Waals surface area contributed by atoms with Crippen LogP contribution in [0.5, 0.6) is 11.5 Å². The first-order valence-electron chi connectivity index (χ1n) is 17.1. The van der Waals surface area contributed by atoms with Crippen molar-refractivity contribution in [3.8, 4) is 11.5 Å². The Balaban J connectivity index is 1.29. The van der Waals surface area contributed by atoms with Crippen LogP contribution >= 0.6 is 0 Å². The molecule has 6 N–H and O–H groups in total. The summed E-state index contributed by atoms with van der Waals surface area (Å²) in [5, 5.41) is 61.8. The number of hydrogen-bond acceptors (Lipinski definition) is 8. The number of aliphatic hydroxyl groups excluding tert-OH is 4. The summed E-state index contributed by atoms with van der Waals surface area (Å²) in [4.78, 5) is 4.47. The summed E-state index contributed by atoms with van der Waals surface area (Å²) in [6.07, 6.45) is -0.0718. The van der Waals surface area contributed by atoms with Crippen molar-refractivity contribution in [1.82, 2.24) is 9.80 Å². The Morgan fingerprint density at radius 3 is 1.22 bits per heavy atom. The molecule has 2 atom stereocenters. The first kappa shape index (κ1) is 36.7. The summed E-state index contributed by atoms with van der Waals surface area (Å²) in [6, 6.07) is 38.5. The smallest absolute Gasteiger partial charge is 0.121 e. The second kappa shape index (κ2) is 18.5. The molecule has 5 aromatic rings. The third-order valence-corrected chi connectivity index (χ3v) is 9.19. The summed E-state index contributed by atoms with van der Waals surface area (Å²) in [7, 11) is 0. The molecule has 5 rings (SSSR count). The Hall–Kier alpha value is -4.54. The molecular formula is C42H48N2O6. The van der Waals surface area contributed by atoms with Gasteiger partial charge in [0.15, 0.2) is 0 Å². The van der Waals surface area contributed by atoms with E-state index in [1.54, 1.807) is 24.3 Å². The van der Waals surface area contributed by atoms with Gasteiger partial charge in [-0.25, -0.2) is 0 Å². The molecule has 8 heteroatoms. The van der Waals surface area contributed by atoms with Crippen LogP contribution < -0.4 is 0 Å². The van der Waals surface area contributed by atoms with Gasteiger partial charge in [-0.1, -0.05) is 97.1 Å². The number of aliphatic hydroxyl groups is 4. The van der Waals surface area contributed by atoms with Gasteiger partial charge in [-0.3, -0.25) is 9.80 Å². The van der Waals surface area contributed by atoms with Crippen LogP contribution in [0, 0.1) is 0 Å². The highest BCUT2D eigenvalue weighted by Crippen LogP contribution is 2.26. The maximum absolute atomic E-state index is 11.2. The lowest BCUT2D eigenvalue weighted by molar-refractivity contribution is 0.108. The average Bonchev–Trinajstić information content (AvgIpc) is 3.14. The van der Waals surface area contributed by atoms with Crippen LogP contribution in [0.1, 0.15) is 56.7 Å². The number of phenols is 2. The molecule has 0 spiro atoms. The topological polar surface area (TPSA) is 128 Å². The average molecular weight is 677 g/mol. The zero-order valence-electron chi connectivity index (χ0n) is 28.4. The third-order valence-electron chi connectivity index (χ3n) is 9.19. The molecule has 262 valence electrons. The van der Waals surface area contributed by atoms with Gasteiger partial charge in [0.05, 0.1) is 25.4 Å². The molecule has 0 amide bonds. The highest BCUT2D eigenvalue weighted by molar-refractivity contribution is 5.38. The largest absolute Gasteiger partial charge is 0.508 e. The van der Waals surface area contributed by atoms with E-state index in [-0.39, 0.29) is 24.7 Å². The number of aromatic hydroxyl groups is 2. The van der Waals surface area contributed by atoms with Crippen molar-refractivity contribution in [2.45, 2.75) is 51.4 Å². The summed E-state index contributed by atoms with van der Waals surface area (Å²) in [6.45, 7) is 2.87. The van der Waals surface area contributed by atoms with E-state index in [4.69, 9.17) is 0 Å². The molecule has 0 saturated heterocycles. The fraction of sp³-hybridized carbons (Fsp3) is 0.286. The number of hydrogen-bond donors (Lipinski definition) is 6. The molecule has 0 aliphatic rings. The Labute approximate surface area is 294 Å². The monoisotopic (exact) mass is 676 g/mol. The summed E-state index contributed by atoms with van der Waals surface area (Å²) in [5.74, 6) is 0.0171. The number of rotatable bonds is 18. The Morgan fingerprint density at radius 1 is 0.460 bits per heavy atom. The van der Waals surface area contributed by atoms with Crippen molar-refractivity contribution in [1.29, 1.82) is 0 Å². The van der Waals surface area contributed by atoms with E-state index < -0.39 is 12.2 Å². The van der Waals surface area contributed by atoms with Crippen molar-refractivity contribution >= 4 is 0 Å². The predicted molar refractivity (Wildman–Crippen MR) is 195 cm³/mol. The highest BCUT2D eigenvalue weighted by Gasteiger charge is 2.19. The SMILES string of the molecule is OCc1cc(C(O)CN(CCc2ccccc2CCN(Cc2ccccc2)CC(O)c2ccc(O)c(CO)c2)Cc2ccccc2)ccc1O. The second-order valence-corrected chi connectivity index (χ2v) is 12.8. The summed E-state index contributed by atoms with van der Waals surface area (Å²) in [5.41, 5.74) is 6.79. The van der Waals surface area contributed by atoms with Crippen LogP contribution in [-0.2, 0) is 39.1 Å². The Bertz CT molecular complexity index is 1640. The van der Waals surface area contributed by atoms with Crippen LogP contribution in [0.25, 0.3) is 0 Å². The Morgan fingerprint density at radius 2 is 0.840 bits per heavy atom. The van der Waals surface area contributed by atoms with Crippen molar-refractivity contribution < 1.29 is 30.6 Å². The molecule has 8 nitrogen and oxygen atoms in total. The van der Waals surface area contributed by atoms with Gasteiger partial charge >= 0.3 is 0 Å². The zero-order valence-corrected chi connectivity index (χ0v) is 28.4. The van der Waals surface area contributed by atoms with E-state index in [0.29, 0.717) is 61.5 Å². The van der Waals surface area contributed by atoms with Gasteiger partial charge in [0.1, 0.15) is 11.5 Å². The minimum atomic E-state index is -0.806. The fourth-order valence-corrected chi connectivity index (χ4v) is 6.33. The normalized spacial score (nSPS) is 12.8. The van der Waals surface area contributed by atoms with E-state index in [2.05, 4.69) is 58.3 Å². The predicted octanol–water partition coefficient (Wildman–Crippen LogP) is 5.64. The molecule has 50 heavy (non-hydrogen) atoms. The van der Waals surface area contributed by atoms with Gasteiger partial charge in [-0.2, -0.15) is 0 Å². The van der Waals surface area contributed by atoms with Gasteiger partial charge in [-0.05, 0) is 70.5 Å².